The predicted molar refractivity (Wildman–Crippen MR) is 82.5 cm³/mol. The highest BCUT2D eigenvalue weighted by molar-refractivity contribution is 8.01. The van der Waals surface area contributed by atoms with Gasteiger partial charge in [-0.1, -0.05) is 0 Å². The zero-order chi connectivity index (χ0) is 14.7. The number of carbonyl (C=O) groups is 1. The minimum absolute atomic E-state index is 0.0575. The van der Waals surface area contributed by atoms with E-state index < -0.39 is 0 Å². The quantitative estimate of drug-likeness (QED) is 0.793. The fourth-order valence-corrected chi connectivity index (χ4v) is 4.39. The molecule has 0 radical (unpaired) electrons. The van der Waals surface area contributed by atoms with E-state index in [0.717, 1.165) is 17.9 Å². The summed E-state index contributed by atoms with van der Waals surface area (Å²) in [7, 11) is 0. The monoisotopic (exact) mass is 307 g/mol. The fourth-order valence-electron chi connectivity index (χ4n) is 3.75. The molecule has 0 aromatic carbocycles. The van der Waals surface area contributed by atoms with E-state index in [1.807, 2.05) is 12.1 Å². The molecule has 2 fully saturated rings. The van der Waals surface area contributed by atoms with Crippen molar-refractivity contribution in [3.8, 4) is 0 Å². The number of amides is 1. The lowest BCUT2D eigenvalue weighted by Crippen LogP contribution is -2.44. The minimum atomic E-state index is -0.0575. The van der Waals surface area contributed by atoms with Crippen molar-refractivity contribution < 1.29 is 14.3 Å². The largest absolute Gasteiger partial charge is 0.468 e. The number of hydrogen-bond acceptors (Lipinski definition) is 4. The van der Waals surface area contributed by atoms with E-state index >= 15 is 0 Å². The van der Waals surface area contributed by atoms with Crippen LogP contribution < -0.4 is 5.32 Å². The first-order valence-corrected chi connectivity index (χ1v) is 8.54. The van der Waals surface area contributed by atoms with Gasteiger partial charge in [0.05, 0.1) is 12.0 Å². The van der Waals surface area contributed by atoms with Gasteiger partial charge in [0.2, 0.25) is 5.91 Å². The summed E-state index contributed by atoms with van der Waals surface area (Å²) in [6.07, 6.45) is 6.78. The number of aliphatic hydroxyl groups is 1. The second-order valence-corrected chi connectivity index (χ2v) is 6.80. The molecule has 2 saturated carbocycles. The van der Waals surface area contributed by atoms with Crippen molar-refractivity contribution in [2.75, 3.05) is 6.61 Å². The van der Waals surface area contributed by atoms with Crippen LogP contribution in [0.15, 0.2) is 34.3 Å². The Hall–Kier alpha value is -1.20. The van der Waals surface area contributed by atoms with Gasteiger partial charge >= 0.3 is 0 Å². The standard InChI is InChI=1S/C16H21NO3S/c18-9-14-11-3-4-12(8-11)16(14)17-15(19)5-7-21-10-13-2-1-6-20-13/h1-2,5-7,11-12,14,16,18H,3-4,8-10H2,(H,17,19)/b7-5+. The summed E-state index contributed by atoms with van der Waals surface area (Å²) < 4.78 is 5.23. The number of fused-ring (bicyclic) bond motifs is 2. The number of rotatable bonds is 6. The molecular formula is C16H21NO3S. The summed E-state index contributed by atoms with van der Waals surface area (Å²) in [6, 6.07) is 3.93. The summed E-state index contributed by atoms with van der Waals surface area (Å²) in [5.74, 6) is 2.97. The predicted octanol–water partition coefficient (Wildman–Crippen LogP) is 2.55. The molecule has 1 amide bonds. The van der Waals surface area contributed by atoms with Crippen LogP contribution in [0.1, 0.15) is 25.0 Å². The highest BCUT2D eigenvalue weighted by Crippen LogP contribution is 2.48. The van der Waals surface area contributed by atoms with Crippen molar-refractivity contribution >= 4 is 17.7 Å². The molecule has 1 heterocycles. The first kappa shape index (κ1) is 14.7. The van der Waals surface area contributed by atoms with Gasteiger partial charge in [-0.25, -0.2) is 0 Å². The molecule has 3 rings (SSSR count). The zero-order valence-corrected chi connectivity index (χ0v) is 12.7. The van der Waals surface area contributed by atoms with Crippen LogP contribution in [0, 0.1) is 17.8 Å². The highest BCUT2D eigenvalue weighted by atomic mass is 32.2. The van der Waals surface area contributed by atoms with Gasteiger partial charge in [-0.2, -0.15) is 0 Å². The Bertz CT molecular complexity index is 500. The molecule has 2 bridgehead atoms. The third kappa shape index (κ3) is 3.35. The smallest absolute Gasteiger partial charge is 0.244 e. The van der Waals surface area contributed by atoms with Crippen molar-refractivity contribution in [3.05, 3.63) is 35.6 Å². The minimum Gasteiger partial charge on any atom is -0.468 e. The van der Waals surface area contributed by atoms with Gasteiger partial charge in [-0.15, -0.1) is 11.8 Å². The van der Waals surface area contributed by atoms with E-state index in [1.54, 1.807) is 17.7 Å². The van der Waals surface area contributed by atoms with Crippen molar-refractivity contribution in [3.63, 3.8) is 0 Å². The summed E-state index contributed by atoms with van der Waals surface area (Å²) in [4.78, 5) is 12.0. The second kappa shape index (κ2) is 6.71. The third-order valence-electron chi connectivity index (χ3n) is 4.73. The van der Waals surface area contributed by atoms with E-state index in [-0.39, 0.29) is 24.5 Å². The second-order valence-electron chi connectivity index (χ2n) is 5.91. The van der Waals surface area contributed by atoms with Gasteiger partial charge in [0.25, 0.3) is 0 Å². The molecule has 5 heteroatoms. The van der Waals surface area contributed by atoms with Crippen molar-refractivity contribution in [2.45, 2.75) is 31.1 Å². The molecule has 21 heavy (non-hydrogen) atoms. The average molecular weight is 307 g/mol. The molecule has 4 atom stereocenters. The topological polar surface area (TPSA) is 62.5 Å². The Morgan fingerprint density at radius 1 is 1.48 bits per heavy atom. The molecule has 2 aliphatic rings. The average Bonchev–Trinajstić information content (AvgIpc) is 3.20. The van der Waals surface area contributed by atoms with Crippen LogP contribution in [-0.2, 0) is 10.5 Å². The van der Waals surface area contributed by atoms with E-state index in [1.165, 1.54) is 24.6 Å². The Morgan fingerprint density at radius 2 is 2.33 bits per heavy atom. The molecule has 4 nitrogen and oxygen atoms in total. The Balaban J connectivity index is 1.45. The van der Waals surface area contributed by atoms with E-state index in [9.17, 15) is 9.90 Å². The zero-order valence-electron chi connectivity index (χ0n) is 11.9. The molecule has 0 saturated heterocycles. The maximum Gasteiger partial charge on any atom is 0.244 e. The van der Waals surface area contributed by atoms with Crippen molar-refractivity contribution in [1.29, 1.82) is 0 Å². The van der Waals surface area contributed by atoms with Gasteiger partial charge < -0.3 is 14.8 Å². The molecule has 114 valence electrons. The van der Waals surface area contributed by atoms with Gasteiger partial charge in [0.1, 0.15) is 5.76 Å². The van der Waals surface area contributed by atoms with Crippen molar-refractivity contribution in [2.24, 2.45) is 17.8 Å². The van der Waals surface area contributed by atoms with Crippen LogP contribution in [0.3, 0.4) is 0 Å². The lowest BCUT2D eigenvalue weighted by Gasteiger charge is -2.30. The van der Waals surface area contributed by atoms with E-state index in [2.05, 4.69) is 5.32 Å². The summed E-state index contributed by atoms with van der Waals surface area (Å²) in [5.41, 5.74) is 0. The first-order chi connectivity index (χ1) is 10.3. The highest BCUT2D eigenvalue weighted by Gasteiger charge is 2.47. The number of nitrogens with one attached hydrogen (secondary N) is 1. The summed E-state index contributed by atoms with van der Waals surface area (Å²) in [5, 5.41) is 14.4. The lowest BCUT2D eigenvalue weighted by atomic mass is 9.85. The molecule has 4 unspecified atom stereocenters. The number of carbonyl (C=O) groups excluding carboxylic acids is 1. The maximum absolute atomic E-state index is 12.0. The summed E-state index contributed by atoms with van der Waals surface area (Å²) >= 11 is 1.53. The number of furan rings is 1. The fraction of sp³-hybridized carbons (Fsp3) is 0.562. The molecule has 1 aromatic rings. The van der Waals surface area contributed by atoms with Crippen LogP contribution in [0.2, 0.25) is 0 Å². The number of thioether (sulfide) groups is 1. The van der Waals surface area contributed by atoms with Crippen LogP contribution in [0.5, 0.6) is 0 Å². The van der Waals surface area contributed by atoms with E-state index in [4.69, 9.17) is 4.42 Å². The molecule has 2 N–H and O–H groups in total. The van der Waals surface area contributed by atoms with Crippen LogP contribution in [0.25, 0.3) is 0 Å². The Morgan fingerprint density at radius 3 is 3.10 bits per heavy atom. The van der Waals surface area contributed by atoms with Gasteiger partial charge in [0, 0.05) is 24.6 Å². The normalized spacial score (nSPS) is 31.1. The molecule has 0 aliphatic heterocycles. The molecule has 2 aliphatic carbocycles. The van der Waals surface area contributed by atoms with Crippen LogP contribution in [0.4, 0.5) is 0 Å². The summed E-state index contributed by atoms with van der Waals surface area (Å²) in [6.45, 7) is 0.184. The lowest BCUT2D eigenvalue weighted by molar-refractivity contribution is -0.118. The van der Waals surface area contributed by atoms with Gasteiger partial charge in [-0.3, -0.25) is 4.79 Å². The SMILES string of the molecule is O=C(/C=C/SCc1ccco1)NC1C2CCC(C2)C1CO. The number of hydrogen-bond donors (Lipinski definition) is 2. The number of aliphatic hydroxyl groups excluding tert-OH is 1. The van der Waals surface area contributed by atoms with Crippen molar-refractivity contribution in [1.82, 2.24) is 5.32 Å². The van der Waals surface area contributed by atoms with Crippen LogP contribution >= 0.6 is 11.8 Å². The van der Waals surface area contributed by atoms with Gasteiger partial charge in [-0.05, 0) is 48.6 Å². The Kier molecular flexibility index (Phi) is 4.70. The maximum atomic E-state index is 12.0. The Labute approximate surface area is 129 Å². The molecule has 1 aromatic heterocycles. The van der Waals surface area contributed by atoms with Crippen LogP contribution in [-0.4, -0.2) is 23.7 Å². The van der Waals surface area contributed by atoms with E-state index in [0.29, 0.717) is 11.8 Å². The molecule has 0 spiro atoms. The van der Waals surface area contributed by atoms with Gasteiger partial charge in [0.15, 0.2) is 0 Å². The first-order valence-electron chi connectivity index (χ1n) is 7.50. The molecular weight excluding hydrogens is 286 g/mol. The third-order valence-corrected chi connectivity index (χ3v) is 5.51.